The molecule has 0 bridgehead atoms. The third kappa shape index (κ3) is 4.91. The minimum atomic E-state index is -3.36. The maximum atomic E-state index is 2.76. The smallest absolute Gasteiger partial charge is 1.00 e. The number of rotatable bonds is 6. The van der Waals surface area contributed by atoms with E-state index in [0.29, 0.717) is 7.25 Å². The summed E-state index contributed by atoms with van der Waals surface area (Å²) < 4.78 is 6.79. The van der Waals surface area contributed by atoms with Gasteiger partial charge < -0.3 is 24.8 Å². The molecule has 0 aliphatic heterocycles. The van der Waals surface area contributed by atoms with E-state index in [0.717, 1.165) is 0 Å². The zero-order valence-electron chi connectivity index (χ0n) is 22.4. The monoisotopic (exact) mass is 590 g/mol. The molecule has 34 heavy (non-hydrogen) atoms. The summed E-state index contributed by atoms with van der Waals surface area (Å²) in [5.74, 6) is 0. The SMILES string of the molecule is CCCc1cc(C)cc2c1C=C(C)[CH]2[Zr+2]([CH3])([CH3])(=[SiH2])[CH]1C(C)=Cc2c(CCC)cc(C)cc21.[Cl-].[Cl-]. The van der Waals surface area contributed by atoms with Gasteiger partial charge in [0.25, 0.3) is 0 Å². The van der Waals surface area contributed by atoms with Gasteiger partial charge in [-0.3, -0.25) is 0 Å². The van der Waals surface area contributed by atoms with Crippen LogP contribution in [0.25, 0.3) is 12.2 Å². The summed E-state index contributed by atoms with van der Waals surface area (Å²) >= 11 is -3.36. The van der Waals surface area contributed by atoms with Gasteiger partial charge in [0.2, 0.25) is 0 Å². The Balaban J connectivity index is 0.00000204. The Morgan fingerprint density at radius 3 is 1.35 bits per heavy atom. The number of benzene rings is 2. The molecule has 0 radical (unpaired) electrons. The van der Waals surface area contributed by atoms with Crippen molar-refractivity contribution < 1.29 is 42.2 Å². The van der Waals surface area contributed by atoms with E-state index in [1.165, 1.54) is 36.8 Å². The molecular formula is C30H42Cl2SiZr. The summed E-state index contributed by atoms with van der Waals surface area (Å²) in [6, 6.07) is 9.96. The predicted octanol–water partition coefficient (Wildman–Crippen LogP) is 2.17. The number of hydrogen-bond donors (Lipinski definition) is 0. The minimum absolute atomic E-state index is 0. The first kappa shape index (κ1) is 29.8. The van der Waals surface area contributed by atoms with Crippen molar-refractivity contribution in [1.29, 1.82) is 0 Å². The van der Waals surface area contributed by atoms with Crippen molar-refractivity contribution in [3.05, 3.63) is 79.9 Å². The molecule has 4 heteroatoms. The van der Waals surface area contributed by atoms with Gasteiger partial charge in [-0.25, -0.2) is 0 Å². The van der Waals surface area contributed by atoms with Crippen LogP contribution in [0, 0.1) is 13.8 Å². The predicted molar refractivity (Wildman–Crippen MR) is 143 cm³/mol. The summed E-state index contributed by atoms with van der Waals surface area (Å²) in [7, 11) is 0. The van der Waals surface area contributed by atoms with Crippen LogP contribution in [-0.4, -0.2) is 6.88 Å². The van der Waals surface area contributed by atoms with Crippen LogP contribution in [-0.2, 0) is 30.2 Å². The van der Waals surface area contributed by atoms with Crippen molar-refractivity contribution in [3.63, 3.8) is 0 Å². The Bertz CT molecular complexity index is 1140. The molecule has 0 saturated heterocycles. The van der Waals surface area contributed by atoms with Crippen LogP contribution in [0.2, 0.25) is 9.26 Å². The molecule has 0 nitrogen and oxygen atoms in total. The maximum Gasteiger partial charge on any atom is -1.00 e. The molecule has 2 aromatic rings. The Morgan fingerprint density at radius 2 is 1.03 bits per heavy atom. The van der Waals surface area contributed by atoms with Crippen molar-refractivity contribution in [2.75, 3.05) is 0 Å². The fourth-order valence-corrected chi connectivity index (χ4v) is 28.6. The van der Waals surface area contributed by atoms with Gasteiger partial charge in [0.15, 0.2) is 0 Å². The summed E-state index contributed by atoms with van der Waals surface area (Å²) in [5, 5.41) is 0. The molecule has 4 rings (SSSR count). The van der Waals surface area contributed by atoms with Crippen LogP contribution in [0.4, 0.5) is 0 Å². The van der Waals surface area contributed by atoms with Gasteiger partial charge in [0.1, 0.15) is 0 Å². The number of halogens is 2. The second-order valence-electron chi connectivity index (χ2n) is 11.9. The molecule has 0 heterocycles. The van der Waals surface area contributed by atoms with Gasteiger partial charge in [-0.1, -0.05) is 0 Å². The van der Waals surface area contributed by atoms with E-state index in [9.17, 15) is 0 Å². The van der Waals surface area contributed by atoms with Crippen LogP contribution >= 0.6 is 0 Å². The van der Waals surface area contributed by atoms with E-state index in [-0.39, 0.29) is 24.8 Å². The molecular weight excluding hydrogens is 551 g/mol. The van der Waals surface area contributed by atoms with Gasteiger partial charge >= 0.3 is 200 Å². The maximum absolute atomic E-state index is 3.36. The van der Waals surface area contributed by atoms with E-state index in [1.54, 1.807) is 44.5 Å². The first-order chi connectivity index (χ1) is 15.0. The molecule has 0 spiro atoms. The van der Waals surface area contributed by atoms with Gasteiger partial charge in [0.05, 0.1) is 0 Å². The zero-order chi connectivity index (χ0) is 23.4. The quantitative estimate of drug-likeness (QED) is 0.452. The number of hydrogen-bond acceptors (Lipinski definition) is 0. The van der Waals surface area contributed by atoms with E-state index >= 15 is 0 Å². The molecule has 2 aliphatic carbocycles. The fraction of sp³-hybridized carbons (Fsp3) is 0.467. The summed E-state index contributed by atoms with van der Waals surface area (Å²) in [4.78, 5) is 0. The molecule has 0 saturated carbocycles. The van der Waals surface area contributed by atoms with Gasteiger partial charge in [-0.15, -0.1) is 0 Å². The molecule has 2 aromatic carbocycles. The molecule has 2 atom stereocenters. The van der Waals surface area contributed by atoms with E-state index in [2.05, 4.69) is 94.1 Å². The number of fused-ring (bicyclic) bond motifs is 2. The third-order valence-electron chi connectivity index (χ3n) is 8.10. The molecule has 2 unspecified atom stereocenters. The van der Waals surface area contributed by atoms with Crippen LogP contribution < -0.4 is 24.8 Å². The van der Waals surface area contributed by atoms with Crippen molar-refractivity contribution in [2.24, 2.45) is 0 Å². The minimum Gasteiger partial charge on any atom is -1.00 e. The van der Waals surface area contributed by atoms with Gasteiger partial charge in [-0.2, -0.15) is 0 Å². The van der Waals surface area contributed by atoms with Crippen molar-refractivity contribution >= 4 is 19.0 Å². The molecule has 0 fully saturated rings. The Labute approximate surface area is 223 Å². The average molecular weight is 593 g/mol. The molecule has 0 N–H and O–H groups in total. The average Bonchev–Trinajstić information content (AvgIpc) is 3.19. The second kappa shape index (κ2) is 10.5. The normalized spacial score (nSPS) is 18.2. The Hall–Kier alpha value is -0.400. The van der Waals surface area contributed by atoms with E-state index in [4.69, 9.17) is 0 Å². The Morgan fingerprint density at radius 1 is 0.676 bits per heavy atom. The van der Waals surface area contributed by atoms with Crippen molar-refractivity contribution in [1.82, 2.24) is 0 Å². The zero-order valence-corrected chi connectivity index (χ0v) is 27.8. The standard InChI is InChI=1S/2C14H17.2CH3.2ClH.H2Si.Zr/c2*1-4-5-12-6-10(2)7-13-8-11(3)9-14(12)13;;;;;;/h2*6-9H,4-5H2,1-3H3;2*1H3;2*1H;1H2;/q;;;;;;;+2/p-2. The van der Waals surface area contributed by atoms with Crippen LogP contribution in [0.5, 0.6) is 0 Å². The first-order valence-electron chi connectivity index (χ1n) is 12.7. The molecule has 184 valence electrons. The third-order valence-corrected chi connectivity index (χ3v) is 26.0. The van der Waals surface area contributed by atoms with Crippen LogP contribution in [0.3, 0.4) is 0 Å². The fourth-order valence-electron chi connectivity index (χ4n) is 7.38. The van der Waals surface area contributed by atoms with Crippen molar-refractivity contribution in [3.8, 4) is 0 Å². The molecule has 0 aromatic heterocycles. The summed E-state index contributed by atoms with van der Waals surface area (Å²) in [6.45, 7) is 16.5. The number of allylic oxidation sites excluding steroid dienone is 2. The first-order valence-corrected chi connectivity index (χ1v) is 26.3. The van der Waals surface area contributed by atoms with Crippen molar-refractivity contribution in [2.45, 2.75) is 83.7 Å². The van der Waals surface area contributed by atoms with Crippen LogP contribution in [0.1, 0.15) is 92.3 Å². The summed E-state index contributed by atoms with van der Waals surface area (Å²) in [6.07, 6.45) is 9.93. The molecule has 0 amide bonds. The second-order valence-corrected chi connectivity index (χ2v) is 42.4. The Kier molecular flexibility index (Phi) is 9.24. The molecule has 2 aliphatic rings. The van der Waals surface area contributed by atoms with Crippen LogP contribution in [0.15, 0.2) is 35.4 Å². The van der Waals surface area contributed by atoms with E-state index < -0.39 is 17.4 Å². The number of aryl methyl sites for hydroxylation is 4. The summed E-state index contributed by atoms with van der Waals surface area (Å²) in [5.41, 5.74) is 15.7. The largest absolute Gasteiger partial charge is 1.00 e. The van der Waals surface area contributed by atoms with Gasteiger partial charge in [0, 0.05) is 0 Å². The van der Waals surface area contributed by atoms with E-state index in [1.807, 2.05) is 0 Å². The van der Waals surface area contributed by atoms with Gasteiger partial charge in [-0.05, 0) is 0 Å². The topological polar surface area (TPSA) is 0 Å².